The molecule has 3 heterocycles. The molecule has 44 heavy (non-hydrogen) atoms. The number of piperazine rings is 1. The predicted molar refractivity (Wildman–Crippen MR) is 191 cm³/mol. The highest BCUT2D eigenvalue weighted by molar-refractivity contribution is 14.1. The van der Waals surface area contributed by atoms with Crippen LogP contribution in [-0.4, -0.2) is 96.5 Å². The smallest absolute Gasteiger partial charge is 0.148 e. The van der Waals surface area contributed by atoms with E-state index in [-0.39, 0.29) is 12.1 Å². The molecule has 1 aromatic heterocycles. The van der Waals surface area contributed by atoms with E-state index in [4.69, 9.17) is 14.7 Å². The highest BCUT2D eigenvalue weighted by atomic mass is 127. The fraction of sp³-hybridized carbons (Fsp3) is 0.600. The van der Waals surface area contributed by atoms with Gasteiger partial charge in [-0.3, -0.25) is 4.90 Å². The third-order valence-corrected chi connectivity index (χ3v) is 10.1. The Hall–Kier alpha value is -2.21. The summed E-state index contributed by atoms with van der Waals surface area (Å²) >= 11 is 2.33. The minimum atomic E-state index is -0.253. The molecule has 3 aliphatic rings. The predicted octanol–water partition coefficient (Wildman–Crippen LogP) is 6.23. The highest BCUT2D eigenvalue weighted by Gasteiger charge is 2.28. The number of aromatic nitrogens is 2. The Labute approximate surface area is 278 Å². The number of methoxy groups -OCH3 is 1. The molecule has 1 aliphatic carbocycles. The first-order valence-electron chi connectivity index (χ1n) is 16.5. The van der Waals surface area contributed by atoms with E-state index in [1.165, 1.54) is 44.6 Å². The van der Waals surface area contributed by atoms with Gasteiger partial charge in [0.1, 0.15) is 11.6 Å². The summed E-state index contributed by atoms with van der Waals surface area (Å²) in [6.45, 7) is 13.1. The van der Waals surface area contributed by atoms with Crippen molar-refractivity contribution in [2.45, 2.75) is 83.9 Å². The van der Waals surface area contributed by atoms with E-state index in [0.717, 1.165) is 90.7 Å². The zero-order chi connectivity index (χ0) is 31.2. The molecule has 1 aromatic carbocycles. The van der Waals surface area contributed by atoms with Crippen molar-refractivity contribution in [2.75, 3.05) is 63.6 Å². The lowest BCUT2D eigenvalue weighted by Gasteiger charge is -2.42. The number of benzene rings is 1. The maximum atomic E-state index is 10.3. The van der Waals surface area contributed by atoms with Crippen LogP contribution < -0.4 is 15.0 Å². The number of nitrogens with one attached hydrogen (secondary N) is 1. The van der Waals surface area contributed by atoms with Crippen molar-refractivity contribution in [2.24, 2.45) is 0 Å². The summed E-state index contributed by atoms with van der Waals surface area (Å²) in [7, 11) is 4.00. The summed E-state index contributed by atoms with van der Waals surface area (Å²) in [4.78, 5) is 18.0. The van der Waals surface area contributed by atoms with Crippen LogP contribution in [0.5, 0.6) is 5.75 Å². The Morgan fingerprint density at radius 1 is 1.07 bits per heavy atom. The van der Waals surface area contributed by atoms with E-state index < -0.39 is 0 Å². The number of nitrogens with zero attached hydrogens (tertiary/aromatic N) is 5. The van der Waals surface area contributed by atoms with Crippen molar-refractivity contribution < 1.29 is 9.84 Å². The summed E-state index contributed by atoms with van der Waals surface area (Å²) in [6.07, 6.45) is 8.72. The third-order valence-electron chi connectivity index (χ3n) is 9.46. The van der Waals surface area contributed by atoms with Crippen molar-refractivity contribution in [3.05, 3.63) is 50.5 Å². The normalized spacial score (nSPS) is 22.6. The highest BCUT2D eigenvalue weighted by Crippen LogP contribution is 2.37. The average molecular weight is 715 g/mol. The first-order chi connectivity index (χ1) is 21.3. The van der Waals surface area contributed by atoms with Crippen molar-refractivity contribution in [3.8, 4) is 5.75 Å². The zero-order valence-electron chi connectivity index (χ0n) is 27.3. The second kappa shape index (κ2) is 15.4. The standard InChI is InChI=1S/C35H51IN6O2/c1-6-30-35(37-26-8-7-9-28(43)22-26)39-34(31(38-30)20-24(2)3)29(23-36)25-10-11-32(33(21-25)44-5)42-14-12-27(13-15-42)41-18-16-40(4)17-19-41/h10-11,20-21,23,26-28,43H,6-9,12-19,22H2,1-5H3,(H,37,39)/b29-23-. The minimum absolute atomic E-state index is 0.201. The Morgan fingerprint density at radius 3 is 2.45 bits per heavy atom. The number of rotatable bonds is 9. The number of aliphatic hydroxyl groups excluding tert-OH is 1. The summed E-state index contributed by atoms with van der Waals surface area (Å²) in [5.74, 6) is 1.72. The number of piperidine rings is 1. The van der Waals surface area contributed by atoms with E-state index in [1.54, 1.807) is 7.11 Å². The van der Waals surface area contributed by atoms with Crippen LogP contribution in [0, 0.1) is 0 Å². The zero-order valence-corrected chi connectivity index (χ0v) is 29.4. The molecule has 240 valence electrons. The molecule has 9 heteroatoms. The lowest BCUT2D eigenvalue weighted by molar-refractivity contribution is 0.0981. The van der Waals surface area contributed by atoms with E-state index >= 15 is 0 Å². The Bertz CT molecular complexity index is 1330. The maximum absolute atomic E-state index is 10.3. The molecule has 2 aromatic rings. The minimum Gasteiger partial charge on any atom is -0.495 e. The van der Waals surface area contributed by atoms with Gasteiger partial charge in [0.25, 0.3) is 0 Å². The first-order valence-corrected chi connectivity index (χ1v) is 17.7. The quantitative estimate of drug-likeness (QED) is 0.297. The number of halogens is 1. The van der Waals surface area contributed by atoms with Crippen LogP contribution in [0.4, 0.5) is 11.5 Å². The molecule has 2 aliphatic heterocycles. The fourth-order valence-corrected chi connectivity index (χ4v) is 7.58. The number of hydrogen-bond donors (Lipinski definition) is 2. The second-order valence-electron chi connectivity index (χ2n) is 13.0. The summed E-state index contributed by atoms with van der Waals surface area (Å²) in [5, 5.41) is 14.0. The summed E-state index contributed by atoms with van der Waals surface area (Å²) in [5.41, 5.74) is 7.14. The molecule has 1 saturated carbocycles. The number of aryl methyl sites for hydroxylation is 1. The number of anilines is 2. The Balaban J connectivity index is 1.41. The molecule has 2 atom stereocenters. The van der Waals surface area contributed by atoms with Gasteiger partial charge in [-0.2, -0.15) is 0 Å². The van der Waals surface area contributed by atoms with Gasteiger partial charge in [0.05, 0.1) is 36.0 Å². The molecule has 2 unspecified atom stereocenters. The van der Waals surface area contributed by atoms with Crippen LogP contribution in [0.1, 0.15) is 81.9 Å². The van der Waals surface area contributed by atoms with Crippen LogP contribution in [-0.2, 0) is 6.42 Å². The first kappa shape index (κ1) is 33.2. The lowest BCUT2D eigenvalue weighted by Crippen LogP contribution is -2.52. The Kier molecular flexibility index (Phi) is 11.6. The SMILES string of the molecule is CCc1nc(C=C(C)C)c(/C(=C\I)c2ccc(N3CCC(N4CCN(C)CC4)CC3)c(OC)c2)nc1NC1CCCC(O)C1. The van der Waals surface area contributed by atoms with Crippen molar-refractivity contribution >= 4 is 45.7 Å². The molecule has 8 nitrogen and oxygen atoms in total. The molecule has 0 amide bonds. The van der Waals surface area contributed by atoms with E-state index in [1.807, 2.05) is 0 Å². The van der Waals surface area contributed by atoms with Gasteiger partial charge in [-0.15, -0.1) is 0 Å². The maximum Gasteiger partial charge on any atom is 0.148 e. The van der Waals surface area contributed by atoms with Crippen molar-refractivity contribution in [3.63, 3.8) is 0 Å². The van der Waals surface area contributed by atoms with Crippen LogP contribution in [0.15, 0.2) is 27.9 Å². The van der Waals surface area contributed by atoms with Crippen LogP contribution in [0.3, 0.4) is 0 Å². The van der Waals surface area contributed by atoms with Gasteiger partial charge in [-0.1, -0.05) is 41.2 Å². The second-order valence-corrected chi connectivity index (χ2v) is 13.6. The van der Waals surface area contributed by atoms with E-state index in [2.05, 4.69) is 98.8 Å². The van der Waals surface area contributed by atoms with E-state index in [9.17, 15) is 5.11 Å². The Morgan fingerprint density at radius 2 is 1.82 bits per heavy atom. The molecular formula is C35H51IN6O2. The van der Waals surface area contributed by atoms with Gasteiger partial charge in [-0.25, -0.2) is 9.97 Å². The van der Waals surface area contributed by atoms with Crippen LogP contribution in [0.25, 0.3) is 11.6 Å². The molecule has 3 fully saturated rings. The molecule has 0 bridgehead atoms. The number of ether oxygens (including phenoxy) is 1. The average Bonchev–Trinajstić information content (AvgIpc) is 3.02. The van der Waals surface area contributed by atoms with Gasteiger partial charge in [0, 0.05) is 56.9 Å². The van der Waals surface area contributed by atoms with Gasteiger partial charge in [0.15, 0.2) is 0 Å². The lowest BCUT2D eigenvalue weighted by atomic mass is 9.93. The van der Waals surface area contributed by atoms with E-state index in [0.29, 0.717) is 6.04 Å². The number of likely N-dealkylation sites (N-methyl/N-ethyl adjacent to an activating group) is 1. The van der Waals surface area contributed by atoms with Crippen LogP contribution in [0.2, 0.25) is 0 Å². The number of hydrogen-bond acceptors (Lipinski definition) is 8. The summed E-state index contributed by atoms with van der Waals surface area (Å²) in [6, 6.07) is 7.48. The van der Waals surface area contributed by atoms with Gasteiger partial charge < -0.3 is 25.0 Å². The molecule has 2 N–H and O–H groups in total. The van der Waals surface area contributed by atoms with Crippen molar-refractivity contribution in [1.82, 2.24) is 19.8 Å². The van der Waals surface area contributed by atoms with Gasteiger partial charge >= 0.3 is 0 Å². The number of aliphatic hydroxyl groups is 1. The number of allylic oxidation sites excluding steroid dienone is 1. The van der Waals surface area contributed by atoms with Crippen LogP contribution >= 0.6 is 22.6 Å². The molecule has 0 radical (unpaired) electrons. The summed E-state index contributed by atoms with van der Waals surface area (Å²) < 4.78 is 8.13. The van der Waals surface area contributed by atoms with Gasteiger partial charge in [0.2, 0.25) is 0 Å². The molecule has 2 saturated heterocycles. The third kappa shape index (κ3) is 7.95. The molecule has 0 spiro atoms. The monoisotopic (exact) mass is 714 g/mol. The fourth-order valence-electron chi connectivity index (χ4n) is 6.92. The topological polar surface area (TPSA) is 77.0 Å². The van der Waals surface area contributed by atoms with Gasteiger partial charge in [-0.05, 0) is 93.7 Å². The molecule has 5 rings (SSSR count). The molecular weight excluding hydrogens is 663 g/mol. The van der Waals surface area contributed by atoms with Crippen molar-refractivity contribution in [1.29, 1.82) is 0 Å². The largest absolute Gasteiger partial charge is 0.495 e.